The highest BCUT2D eigenvalue weighted by Gasteiger charge is 2.26. The predicted molar refractivity (Wildman–Crippen MR) is 118 cm³/mol. The van der Waals surface area contributed by atoms with E-state index in [4.69, 9.17) is 0 Å². The second-order valence-electron chi connectivity index (χ2n) is 7.76. The van der Waals surface area contributed by atoms with Gasteiger partial charge in [0.15, 0.2) is 0 Å². The highest BCUT2D eigenvalue weighted by molar-refractivity contribution is 7.89. The number of piperidine rings is 1. The molecule has 0 radical (unpaired) electrons. The topological polar surface area (TPSA) is 116 Å². The van der Waals surface area contributed by atoms with E-state index in [-0.39, 0.29) is 29.6 Å². The Morgan fingerprint density at radius 1 is 0.938 bits per heavy atom. The van der Waals surface area contributed by atoms with Crippen molar-refractivity contribution in [1.29, 1.82) is 0 Å². The number of anilines is 2. The summed E-state index contributed by atoms with van der Waals surface area (Å²) in [4.78, 5) is 36.4. The van der Waals surface area contributed by atoms with E-state index in [0.717, 1.165) is 19.3 Å². The van der Waals surface area contributed by atoms with E-state index in [9.17, 15) is 22.8 Å². The monoisotopic (exact) mass is 456 g/mol. The third-order valence-corrected chi connectivity index (χ3v) is 7.38. The molecule has 0 aromatic heterocycles. The van der Waals surface area contributed by atoms with Crippen LogP contribution in [0.2, 0.25) is 0 Å². The van der Waals surface area contributed by atoms with Crippen LogP contribution in [-0.2, 0) is 19.6 Å². The van der Waals surface area contributed by atoms with Gasteiger partial charge in [0, 0.05) is 37.2 Å². The van der Waals surface area contributed by atoms with E-state index in [1.165, 1.54) is 33.6 Å². The Morgan fingerprint density at radius 3 is 2.38 bits per heavy atom. The lowest BCUT2D eigenvalue weighted by molar-refractivity contribution is -0.130. The summed E-state index contributed by atoms with van der Waals surface area (Å²) in [6.07, 6.45) is 3.00. The predicted octanol–water partition coefficient (Wildman–Crippen LogP) is 2.27. The van der Waals surface area contributed by atoms with Gasteiger partial charge < -0.3 is 5.32 Å². The number of carbonyl (C=O) groups is 3. The van der Waals surface area contributed by atoms with Gasteiger partial charge in [0.05, 0.1) is 10.6 Å². The summed E-state index contributed by atoms with van der Waals surface area (Å²) in [5.41, 5.74) is 3.65. The summed E-state index contributed by atoms with van der Waals surface area (Å²) >= 11 is 0. The molecule has 0 atom stereocenters. The van der Waals surface area contributed by atoms with Crippen molar-refractivity contribution in [3.05, 3.63) is 54.1 Å². The molecule has 168 valence electrons. The summed E-state index contributed by atoms with van der Waals surface area (Å²) in [5.74, 6) is -0.891. The summed E-state index contributed by atoms with van der Waals surface area (Å²) in [7, 11) is -3.60. The molecule has 2 N–H and O–H groups in total. The average molecular weight is 457 g/mol. The number of hydrazine groups is 1. The van der Waals surface area contributed by atoms with E-state index >= 15 is 0 Å². The lowest BCUT2D eigenvalue weighted by atomic mass is 10.1. The van der Waals surface area contributed by atoms with Gasteiger partial charge >= 0.3 is 0 Å². The molecule has 2 saturated heterocycles. The highest BCUT2D eigenvalue weighted by Crippen LogP contribution is 2.24. The molecule has 0 unspecified atom stereocenters. The fourth-order valence-corrected chi connectivity index (χ4v) is 5.30. The van der Waals surface area contributed by atoms with Gasteiger partial charge in [-0.3, -0.25) is 19.8 Å². The van der Waals surface area contributed by atoms with Crippen LogP contribution in [-0.4, -0.2) is 43.5 Å². The van der Waals surface area contributed by atoms with E-state index in [1.807, 2.05) is 0 Å². The van der Waals surface area contributed by atoms with E-state index in [1.54, 1.807) is 24.3 Å². The zero-order chi connectivity index (χ0) is 22.7. The molecule has 2 heterocycles. The largest absolute Gasteiger partial charge is 0.322 e. The number of amides is 3. The first-order valence-corrected chi connectivity index (χ1v) is 11.9. The molecular weight excluding hydrogens is 432 g/mol. The Kier molecular flexibility index (Phi) is 6.24. The van der Waals surface area contributed by atoms with Gasteiger partial charge in [-0.15, -0.1) is 0 Å². The molecule has 2 fully saturated rings. The van der Waals surface area contributed by atoms with Crippen molar-refractivity contribution in [2.24, 2.45) is 0 Å². The molecule has 0 aliphatic carbocycles. The lowest BCUT2D eigenvalue weighted by Gasteiger charge is -2.27. The summed E-state index contributed by atoms with van der Waals surface area (Å²) in [6, 6.07) is 12.4. The minimum absolute atomic E-state index is 0.130. The summed E-state index contributed by atoms with van der Waals surface area (Å²) < 4.78 is 27.3. The molecule has 9 nitrogen and oxygen atoms in total. The van der Waals surface area contributed by atoms with E-state index in [2.05, 4.69) is 10.7 Å². The van der Waals surface area contributed by atoms with Gasteiger partial charge in [0.1, 0.15) is 0 Å². The molecule has 0 saturated carbocycles. The Bertz CT molecular complexity index is 1140. The molecule has 2 aromatic rings. The van der Waals surface area contributed by atoms with Gasteiger partial charge in [-0.05, 0) is 55.3 Å². The standard InChI is InChI=1S/C22H24N4O5S/c27-20-11-12-21(28)26(24-20)18-9-7-16(8-10-18)22(29)23-17-5-4-6-19(15-17)32(30,31)25-13-2-1-3-14-25/h4-10,15H,1-3,11-14H2,(H,23,29)(H,24,27). The summed E-state index contributed by atoms with van der Waals surface area (Å²) in [6.45, 7) is 1.01. The van der Waals surface area contributed by atoms with Crippen LogP contribution >= 0.6 is 0 Å². The van der Waals surface area contributed by atoms with Crippen LogP contribution in [0.15, 0.2) is 53.4 Å². The lowest BCUT2D eigenvalue weighted by Crippen LogP contribution is -2.50. The summed E-state index contributed by atoms with van der Waals surface area (Å²) in [5, 5.41) is 3.89. The van der Waals surface area contributed by atoms with Gasteiger partial charge in [-0.25, -0.2) is 13.4 Å². The second-order valence-corrected chi connectivity index (χ2v) is 9.70. The van der Waals surface area contributed by atoms with Crippen LogP contribution in [0.25, 0.3) is 0 Å². The Hall–Kier alpha value is -3.24. The highest BCUT2D eigenvalue weighted by atomic mass is 32.2. The zero-order valence-electron chi connectivity index (χ0n) is 17.4. The molecule has 0 bridgehead atoms. The molecule has 3 amide bonds. The van der Waals surface area contributed by atoms with Crippen molar-refractivity contribution in [3.8, 4) is 0 Å². The van der Waals surface area contributed by atoms with Gasteiger partial charge in [-0.2, -0.15) is 4.31 Å². The molecule has 10 heteroatoms. The number of hydrogen-bond acceptors (Lipinski definition) is 5. The number of nitrogens with one attached hydrogen (secondary N) is 2. The first-order chi connectivity index (χ1) is 15.3. The number of rotatable bonds is 5. The molecule has 2 aromatic carbocycles. The minimum Gasteiger partial charge on any atom is -0.322 e. The van der Waals surface area contributed by atoms with E-state index in [0.29, 0.717) is 30.0 Å². The smallest absolute Gasteiger partial charge is 0.255 e. The quantitative estimate of drug-likeness (QED) is 0.716. The minimum atomic E-state index is -3.60. The van der Waals surface area contributed by atoms with Crippen molar-refractivity contribution in [3.63, 3.8) is 0 Å². The number of carbonyl (C=O) groups excluding carboxylic acids is 3. The first-order valence-electron chi connectivity index (χ1n) is 10.5. The molecular formula is C22H24N4O5S. The normalized spacial score (nSPS) is 17.7. The van der Waals surface area contributed by atoms with Crippen molar-refractivity contribution in [2.45, 2.75) is 37.0 Å². The fraction of sp³-hybridized carbons (Fsp3) is 0.318. The van der Waals surface area contributed by atoms with Gasteiger partial charge in [0.25, 0.3) is 5.91 Å². The maximum atomic E-state index is 12.9. The van der Waals surface area contributed by atoms with Crippen LogP contribution in [0, 0.1) is 0 Å². The third-order valence-electron chi connectivity index (χ3n) is 5.48. The molecule has 2 aliphatic heterocycles. The molecule has 32 heavy (non-hydrogen) atoms. The number of sulfonamides is 1. The second kappa shape index (κ2) is 9.09. The SMILES string of the molecule is O=C1CCC(=O)N(c2ccc(C(=O)Nc3cccc(S(=O)(=O)N4CCCCC4)c3)cc2)N1. The van der Waals surface area contributed by atoms with Crippen LogP contribution in [0.5, 0.6) is 0 Å². The molecule has 0 spiro atoms. The number of nitrogens with zero attached hydrogens (tertiary/aromatic N) is 2. The van der Waals surface area contributed by atoms with Crippen molar-refractivity contribution in [2.75, 3.05) is 23.4 Å². The fourth-order valence-electron chi connectivity index (χ4n) is 3.74. The van der Waals surface area contributed by atoms with Crippen LogP contribution in [0.1, 0.15) is 42.5 Å². The van der Waals surface area contributed by atoms with Gasteiger partial charge in [-0.1, -0.05) is 12.5 Å². The van der Waals surface area contributed by atoms with Crippen LogP contribution < -0.4 is 15.8 Å². The zero-order valence-corrected chi connectivity index (χ0v) is 18.2. The Morgan fingerprint density at radius 2 is 1.66 bits per heavy atom. The Labute approximate surface area is 186 Å². The van der Waals surface area contributed by atoms with Crippen LogP contribution in [0.4, 0.5) is 11.4 Å². The maximum Gasteiger partial charge on any atom is 0.255 e. The average Bonchev–Trinajstić information content (AvgIpc) is 2.81. The van der Waals surface area contributed by atoms with Crippen molar-refractivity contribution >= 4 is 39.1 Å². The molecule has 2 aliphatic rings. The van der Waals surface area contributed by atoms with Crippen LogP contribution in [0.3, 0.4) is 0 Å². The van der Waals surface area contributed by atoms with E-state index < -0.39 is 15.9 Å². The maximum absolute atomic E-state index is 12.9. The third kappa shape index (κ3) is 4.66. The molecule has 4 rings (SSSR count). The Balaban J connectivity index is 1.46. The van der Waals surface area contributed by atoms with Crippen molar-refractivity contribution < 1.29 is 22.8 Å². The number of benzene rings is 2. The van der Waals surface area contributed by atoms with Crippen molar-refractivity contribution in [1.82, 2.24) is 9.73 Å². The first kappa shape index (κ1) is 22.0. The van der Waals surface area contributed by atoms with Gasteiger partial charge in [0.2, 0.25) is 21.8 Å². The number of hydrogen-bond donors (Lipinski definition) is 2.